The van der Waals surface area contributed by atoms with Crippen molar-refractivity contribution in [3.63, 3.8) is 0 Å². The summed E-state index contributed by atoms with van der Waals surface area (Å²) in [6.07, 6.45) is 6.70. The molecule has 1 saturated carbocycles. The molecule has 0 aromatic carbocycles. The van der Waals surface area contributed by atoms with Crippen LogP contribution in [-0.2, 0) is 4.79 Å². The average molecular weight is 268 g/mol. The van der Waals surface area contributed by atoms with Gasteiger partial charge in [-0.2, -0.15) is 0 Å². The number of hydrogen-bond acceptors (Lipinski definition) is 2. The van der Waals surface area contributed by atoms with Crippen LogP contribution in [-0.4, -0.2) is 36.5 Å². The summed E-state index contributed by atoms with van der Waals surface area (Å²) in [7, 11) is 3.95. The Morgan fingerprint density at radius 1 is 1.26 bits per heavy atom. The van der Waals surface area contributed by atoms with E-state index >= 15 is 0 Å². The molecule has 112 valence electrons. The lowest BCUT2D eigenvalue weighted by molar-refractivity contribution is -0.135. The Kier molecular flexibility index (Phi) is 5.43. The topological polar surface area (TPSA) is 32.3 Å². The van der Waals surface area contributed by atoms with E-state index in [-0.39, 0.29) is 22.9 Å². The molecule has 0 aromatic heterocycles. The molecule has 1 fully saturated rings. The zero-order chi connectivity index (χ0) is 14.7. The minimum Gasteiger partial charge on any atom is -0.342 e. The van der Waals surface area contributed by atoms with Crippen molar-refractivity contribution >= 4 is 5.91 Å². The van der Waals surface area contributed by atoms with Gasteiger partial charge in [0.1, 0.15) is 0 Å². The lowest BCUT2D eigenvalue weighted by Crippen LogP contribution is -2.51. The van der Waals surface area contributed by atoms with Crippen molar-refractivity contribution in [2.24, 2.45) is 5.41 Å². The maximum absolute atomic E-state index is 12.5. The van der Waals surface area contributed by atoms with Gasteiger partial charge in [-0.25, -0.2) is 0 Å². The fraction of sp³-hybridized carbons (Fsp3) is 0.938. The summed E-state index contributed by atoms with van der Waals surface area (Å²) in [4.78, 5) is 14.5. The summed E-state index contributed by atoms with van der Waals surface area (Å²) < 4.78 is 0. The highest BCUT2D eigenvalue weighted by Crippen LogP contribution is 2.32. The zero-order valence-electron chi connectivity index (χ0n) is 13.7. The van der Waals surface area contributed by atoms with E-state index in [4.69, 9.17) is 0 Å². The first kappa shape index (κ1) is 16.5. The second kappa shape index (κ2) is 6.25. The minimum atomic E-state index is 0.0429. The highest BCUT2D eigenvalue weighted by Gasteiger charge is 2.35. The lowest BCUT2D eigenvalue weighted by atomic mass is 9.78. The molecule has 19 heavy (non-hydrogen) atoms. The third kappa shape index (κ3) is 4.20. The largest absolute Gasteiger partial charge is 0.342 e. The number of hydrogen-bond donors (Lipinski definition) is 1. The Balaban J connectivity index is 2.67. The van der Waals surface area contributed by atoms with Crippen LogP contribution in [0, 0.1) is 5.41 Å². The zero-order valence-corrected chi connectivity index (χ0v) is 13.7. The molecule has 0 radical (unpaired) electrons. The van der Waals surface area contributed by atoms with Gasteiger partial charge in [-0.05, 0) is 32.2 Å². The second-order valence-electron chi connectivity index (χ2n) is 7.31. The van der Waals surface area contributed by atoms with E-state index in [1.807, 2.05) is 19.0 Å². The summed E-state index contributed by atoms with van der Waals surface area (Å²) in [5, 5.41) is 3.43. The molecule has 1 unspecified atom stereocenters. The van der Waals surface area contributed by atoms with Gasteiger partial charge in [-0.1, -0.05) is 40.0 Å². The molecule has 0 spiro atoms. The molecule has 0 bridgehead atoms. The molecule has 3 heteroatoms. The maximum Gasteiger partial charge on any atom is 0.224 e. The molecule has 1 amide bonds. The van der Waals surface area contributed by atoms with Crippen LogP contribution in [0.3, 0.4) is 0 Å². The summed E-state index contributed by atoms with van der Waals surface area (Å²) in [6.45, 7) is 8.71. The first-order valence-corrected chi connectivity index (χ1v) is 7.66. The van der Waals surface area contributed by atoms with E-state index in [0.717, 1.165) is 12.8 Å². The smallest absolute Gasteiger partial charge is 0.224 e. The van der Waals surface area contributed by atoms with Crippen LogP contribution in [0.4, 0.5) is 0 Å². The first-order chi connectivity index (χ1) is 8.72. The van der Waals surface area contributed by atoms with Gasteiger partial charge in [0.15, 0.2) is 0 Å². The standard InChI is InChI=1S/C16H32N2O/c1-13(15(2,3)4)18(6)14(19)12-16(17-5)10-8-7-9-11-16/h13,17H,7-12H2,1-6H3. The molecule has 3 nitrogen and oxygen atoms in total. The quantitative estimate of drug-likeness (QED) is 0.849. The Morgan fingerprint density at radius 3 is 2.21 bits per heavy atom. The van der Waals surface area contributed by atoms with E-state index in [0.29, 0.717) is 6.42 Å². The van der Waals surface area contributed by atoms with Crippen LogP contribution in [0.2, 0.25) is 0 Å². The van der Waals surface area contributed by atoms with Gasteiger partial charge in [0.05, 0.1) is 0 Å². The van der Waals surface area contributed by atoms with Crippen LogP contribution < -0.4 is 5.32 Å². The Labute approximate surface area is 119 Å². The van der Waals surface area contributed by atoms with Crippen molar-refractivity contribution in [2.75, 3.05) is 14.1 Å². The van der Waals surface area contributed by atoms with Crippen molar-refractivity contribution < 1.29 is 4.79 Å². The fourth-order valence-electron chi connectivity index (χ4n) is 2.95. The number of carbonyl (C=O) groups excluding carboxylic acids is 1. The summed E-state index contributed by atoms with van der Waals surface area (Å²) in [5.41, 5.74) is 0.172. The maximum atomic E-state index is 12.5. The van der Waals surface area contributed by atoms with Crippen LogP contribution in [0.5, 0.6) is 0 Å². The molecule has 1 N–H and O–H groups in total. The molecular weight excluding hydrogens is 236 g/mol. The predicted octanol–water partition coefficient (Wildman–Crippen LogP) is 3.19. The third-order valence-corrected chi connectivity index (χ3v) is 5.06. The van der Waals surface area contributed by atoms with Gasteiger partial charge in [-0.3, -0.25) is 4.79 Å². The van der Waals surface area contributed by atoms with Crippen LogP contribution >= 0.6 is 0 Å². The Bertz CT molecular complexity index is 300. The van der Waals surface area contributed by atoms with Gasteiger partial charge in [0.2, 0.25) is 5.91 Å². The summed E-state index contributed by atoms with van der Waals surface area (Å²) >= 11 is 0. The SMILES string of the molecule is CNC1(CC(=O)N(C)C(C)C(C)(C)C)CCCCC1. The molecule has 0 aromatic rings. The van der Waals surface area contributed by atoms with Crippen LogP contribution in [0.25, 0.3) is 0 Å². The predicted molar refractivity (Wildman–Crippen MR) is 81.2 cm³/mol. The molecule has 1 aliphatic rings. The highest BCUT2D eigenvalue weighted by atomic mass is 16.2. The van der Waals surface area contributed by atoms with Crippen molar-refractivity contribution in [2.45, 2.75) is 77.8 Å². The molecule has 0 aliphatic heterocycles. The van der Waals surface area contributed by atoms with Crippen LogP contribution in [0.15, 0.2) is 0 Å². The van der Waals surface area contributed by atoms with Crippen LogP contribution in [0.1, 0.15) is 66.2 Å². The number of nitrogens with one attached hydrogen (secondary N) is 1. The molecule has 1 atom stereocenters. The van der Waals surface area contributed by atoms with Crippen molar-refractivity contribution in [1.82, 2.24) is 10.2 Å². The van der Waals surface area contributed by atoms with E-state index in [1.165, 1.54) is 19.3 Å². The molecule has 1 rings (SSSR count). The number of carbonyl (C=O) groups is 1. The van der Waals surface area contributed by atoms with Crippen molar-refractivity contribution in [3.05, 3.63) is 0 Å². The van der Waals surface area contributed by atoms with E-state index in [1.54, 1.807) is 0 Å². The normalized spacial score (nSPS) is 20.9. The molecule has 1 aliphatic carbocycles. The highest BCUT2D eigenvalue weighted by molar-refractivity contribution is 5.77. The van der Waals surface area contributed by atoms with Crippen molar-refractivity contribution in [1.29, 1.82) is 0 Å². The second-order valence-corrected chi connectivity index (χ2v) is 7.31. The molecule has 0 heterocycles. The van der Waals surface area contributed by atoms with Gasteiger partial charge in [0, 0.05) is 25.0 Å². The minimum absolute atomic E-state index is 0.0429. The van der Waals surface area contributed by atoms with Gasteiger partial charge >= 0.3 is 0 Å². The summed E-state index contributed by atoms with van der Waals surface area (Å²) in [5.74, 6) is 0.277. The number of rotatable bonds is 4. The van der Waals surface area contributed by atoms with E-state index in [2.05, 4.69) is 33.0 Å². The van der Waals surface area contributed by atoms with Gasteiger partial charge < -0.3 is 10.2 Å². The Hall–Kier alpha value is -0.570. The van der Waals surface area contributed by atoms with Gasteiger partial charge in [-0.15, -0.1) is 0 Å². The van der Waals surface area contributed by atoms with E-state index < -0.39 is 0 Å². The molecular formula is C16H32N2O. The number of nitrogens with zero attached hydrogens (tertiary/aromatic N) is 1. The summed E-state index contributed by atoms with van der Waals surface area (Å²) in [6, 6.07) is 0.262. The first-order valence-electron chi connectivity index (χ1n) is 7.66. The average Bonchev–Trinajstić information content (AvgIpc) is 2.36. The van der Waals surface area contributed by atoms with E-state index in [9.17, 15) is 4.79 Å². The van der Waals surface area contributed by atoms with Gasteiger partial charge in [0.25, 0.3) is 0 Å². The number of amides is 1. The Morgan fingerprint density at radius 2 is 1.79 bits per heavy atom. The molecule has 0 saturated heterocycles. The van der Waals surface area contributed by atoms with Crippen molar-refractivity contribution in [3.8, 4) is 0 Å². The fourth-order valence-corrected chi connectivity index (χ4v) is 2.95. The lowest BCUT2D eigenvalue weighted by Gasteiger charge is -2.40. The third-order valence-electron chi connectivity index (χ3n) is 5.06. The monoisotopic (exact) mass is 268 g/mol.